The molecule has 91 heavy (non-hydrogen) atoms. The van der Waals surface area contributed by atoms with Crippen LogP contribution >= 0.6 is 24.4 Å². The third kappa shape index (κ3) is 18.3. The first kappa shape index (κ1) is 65.6. The first-order chi connectivity index (χ1) is 44.1. The van der Waals surface area contributed by atoms with E-state index >= 15 is 0 Å². The van der Waals surface area contributed by atoms with Crippen LogP contribution in [0.15, 0.2) is 292 Å². The summed E-state index contributed by atoms with van der Waals surface area (Å²) < 4.78 is 0. The zero-order valence-electron chi connectivity index (χ0n) is 48.5. The Labute approximate surface area is 551 Å². The van der Waals surface area contributed by atoms with Gasteiger partial charge in [0.1, 0.15) is 0 Å². The van der Waals surface area contributed by atoms with Crippen LogP contribution in [0.25, 0.3) is 80.2 Å². The summed E-state index contributed by atoms with van der Waals surface area (Å²) in [7, 11) is 0. The van der Waals surface area contributed by atoms with Crippen molar-refractivity contribution in [1.82, 2.24) is 19.9 Å². The van der Waals surface area contributed by atoms with Gasteiger partial charge in [-0.3, -0.25) is 19.9 Å². The molecule has 0 aliphatic heterocycles. The molecule has 442 valence electrons. The van der Waals surface area contributed by atoms with Gasteiger partial charge in [0.25, 0.3) is 0 Å². The number of benzene rings is 8. The van der Waals surface area contributed by atoms with Crippen LogP contribution in [-0.4, -0.2) is 52.4 Å². The van der Waals surface area contributed by atoms with Gasteiger partial charge in [-0.25, -0.2) is 9.59 Å². The molecule has 0 aliphatic rings. The second-order valence-electron chi connectivity index (χ2n) is 19.6. The van der Waals surface area contributed by atoms with Gasteiger partial charge in [-0.1, -0.05) is 194 Å². The number of nitrogens with zero attached hydrogens (tertiary/aromatic N) is 8. The quantitative estimate of drug-likeness (QED) is 0.0532. The summed E-state index contributed by atoms with van der Waals surface area (Å²) in [6.07, 6.45) is 14.9. The number of aromatic carboxylic acids is 2. The largest absolute Gasteiger partial charge is 2.00 e. The predicted octanol–water partition coefficient (Wildman–Crippen LogP) is 19.6. The Balaban J connectivity index is 0.000000360. The smallest absolute Gasteiger partial charge is 0.753 e. The number of carboxylic acid groups (broad SMARTS) is 2. The number of para-hydroxylation sites is 2. The molecule has 15 heteroatoms. The molecule has 4 heterocycles. The Kier molecular flexibility index (Phi) is 24.2. The summed E-state index contributed by atoms with van der Waals surface area (Å²) in [5, 5.41) is 34.6. The monoisotopic (exact) mass is 1310 g/mol. The number of hydrogen-bond acceptors (Lipinski definition) is 10. The van der Waals surface area contributed by atoms with Crippen molar-refractivity contribution in [1.29, 1.82) is 0 Å². The number of pyridine rings is 4. The van der Waals surface area contributed by atoms with Gasteiger partial charge in [-0.05, 0) is 166 Å². The Morgan fingerprint density at radius 2 is 0.571 bits per heavy atom. The van der Waals surface area contributed by atoms with Crippen molar-refractivity contribution in [2.45, 2.75) is 0 Å². The standard InChI is InChI=1S/C62H46N4.C12H8N2O4.2CNS.Ru/c1-5-13-51(14-6-1)53-29-37-59(38-30-53)65(55-17-9-3-10-18-55)57-33-25-47(26-34-57)21-23-49-41-43-63-61(45-49)62-46-50(42-44-64-62)24-22-48-27-35-58(36-28-48)66(56-19-11-4-12-20-56)60-39-31-54(32-40-60)52-15-7-2-8-16-52;15-11(16)7-1-3-13-9(5-7)10-6-8(12(17)18)2-4-14-10;2*2-1-3;/h1-46H;1-6H,(H,15,16)(H,17,18);;;/q;;2*-1;+2/b23-21+,24-22+;;;;. The summed E-state index contributed by atoms with van der Waals surface area (Å²) in [6, 6.07) is 90.5. The molecule has 0 saturated carbocycles. The van der Waals surface area contributed by atoms with Crippen molar-refractivity contribution in [3.05, 3.63) is 336 Å². The summed E-state index contributed by atoms with van der Waals surface area (Å²) >= 11 is 7.40. The van der Waals surface area contributed by atoms with Crippen LogP contribution in [-0.2, 0) is 19.5 Å². The topological polar surface area (TPSA) is 177 Å². The molecule has 12 rings (SSSR count). The maximum Gasteiger partial charge on any atom is 2.00 e. The summed E-state index contributed by atoms with van der Waals surface area (Å²) in [5.74, 6) is -2.15. The zero-order chi connectivity index (χ0) is 62.9. The van der Waals surface area contributed by atoms with Crippen LogP contribution in [0.4, 0.5) is 34.1 Å². The minimum atomic E-state index is -1.08. The summed E-state index contributed by atoms with van der Waals surface area (Å²) in [5.41, 5.74) is 18.1. The van der Waals surface area contributed by atoms with E-state index in [4.69, 9.17) is 31.0 Å². The average Bonchev–Trinajstić information content (AvgIpc) is 2.01. The van der Waals surface area contributed by atoms with Crippen LogP contribution < -0.4 is 9.80 Å². The molecule has 0 spiro atoms. The fourth-order valence-electron chi connectivity index (χ4n) is 9.56. The van der Waals surface area contributed by atoms with Gasteiger partial charge in [0.15, 0.2) is 0 Å². The van der Waals surface area contributed by atoms with Gasteiger partial charge >= 0.3 is 31.4 Å². The number of rotatable bonds is 16. The molecule has 12 aromatic rings. The fraction of sp³-hybridized carbons (Fsp3) is 0. The normalized spacial score (nSPS) is 10.3. The Bertz CT molecular complexity index is 4170. The van der Waals surface area contributed by atoms with Crippen molar-refractivity contribution in [3.63, 3.8) is 0 Å². The molecule has 0 amide bonds. The minimum absolute atomic E-state index is 0. The number of carbonyl (C=O) groups is 2. The molecule has 12 nitrogen and oxygen atoms in total. The van der Waals surface area contributed by atoms with Gasteiger partial charge in [-0.15, -0.1) is 0 Å². The fourth-order valence-corrected chi connectivity index (χ4v) is 9.56. The van der Waals surface area contributed by atoms with E-state index < -0.39 is 11.9 Å². The van der Waals surface area contributed by atoms with Gasteiger partial charge in [-0.2, -0.15) is 10.3 Å². The number of anilines is 6. The molecule has 0 atom stereocenters. The van der Waals surface area contributed by atoms with E-state index in [1.807, 2.05) is 36.7 Å². The average molecular weight is 1310 g/mol. The minimum Gasteiger partial charge on any atom is -0.753 e. The number of aromatic nitrogens is 4. The molecule has 0 unspecified atom stereocenters. The second-order valence-corrected chi connectivity index (χ2v) is 20.0. The molecule has 8 aromatic carbocycles. The number of isothiocyanates is 2. The molecule has 0 aliphatic carbocycles. The second kappa shape index (κ2) is 33.7. The third-order valence-electron chi connectivity index (χ3n) is 13.8. The predicted molar refractivity (Wildman–Crippen MR) is 372 cm³/mol. The molecule has 0 fully saturated rings. The van der Waals surface area contributed by atoms with Crippen molar-refractivity contribution in [2.75, 3.05) is 9.80 Å². The molecule has 2 N–H and O–H groups in total. The van der Waals surface area contributed by atoms with Crippen molar-refractivity contribution in [2.24, 2.45) is 0 Å². The van der Waals surface area contributed by atoms with E-state index in [0.717, 1.165) is 67.8 Å². The van der Waals surface area contributed by atoms with Crippen LogP contribution in [0.5, 0.6) is 0 Å². The van der Waals surface area contributed by atoms with Gasteiger partial charge < -0.3 is 30.8 Å². The van der Waals surface area contributed by atoms with Gasteiger partial charge in [0, 0.05) is 58.9 Å². The van der Waals surface area contributed by atoms with E-state index in [1.165, 1.54) is 69.2 Å². The maximum atomic E-state index is 10.8. The number of hydrogen-bond donors (Lipinski definition) is 2. The van der Waals surface area contributed by atoms with Crippen LogP contribution in [0.1, 0.15) is 43.0 Å². The first-order valence-electron chi connectivity index (χ1n) is 28.0. The van der Waals surface area contributed by atoms with Gasteiger partial charge in [0.2, 0.25) is 0 Å². The SMILES string of the molecule is C(=C\c1ccnc(-c2cc(/C=C/c3ccc(N(c4ccccc4)c4ccc(-c5ccccc5)cc4)cc3)ccn2)c1)/c1ccc(N(c2ccccc2)c2ccc(-c3ccccc3)cc2)cc1.O=C(O)c1ccnc(-c2cc(C(=O)O)ccn2)c1.[N-]=C=S.[N-]=C=S.[Ru+2]. The molecule has 0 saturated heterocycles. The zero-order valence-corrected chi connectivity index (χ0v) is 51.9. The Hall–Kier alpha value is -11.4. The first-order valence-corrected chi connectivity index (χ1v) is 28.8. The van der Waals surface area contributed by atoms with Crippen molar-refractivity contribution >= 4 is 105 Å². The van der Waals surface area contributed by atoms with E-state index in [-0.39, 0.29) is 30.6 Å². The van der Waals surface area contributed by atoms with E-state index in [0.29, 0.717) is 11.4 Å². The van der Waals surface area contributed by atoms with Crippen LogP contribution in [0.3, 0.4) is 0 Å². The van der Waals surface area contributed by atoms with Crippen molar-refractivity contribution in [3.8, 4) is 45.0 Å². The Morgan fingerprint density at radius 1 is 0.330 bits per heavy atom. The number of thiocarbonyl (C=S) groups is 2. The third-order valence-corrected chi connectivity index (χ3v) is 13.8. The van der Waals surface area contributed by atoms with Crippen LogP contribution in [0.2, 0.25) is 0 Å². The van der Waals surface area contributed by atoms with E-state index in [2.05, 4.69) is 287 Å². The van der Waals surface area contributed by atoms with E-state index in [1.54, 1.807) is 0 Å². The van der Waals surface area contributed by atoms with Crippen molar-refractivity contribution < 1.29 is 39.3 Å². The Morgan fingerprint density at radius 3 is 0.879 bits per heavy atom. The summed E-state index contributed by atoms with van der Waals surface area (Å²) in [6.45, 7) is 0. The molecular formula is C76H54N8O4RuS2. The van der Waals surface area contributed by atoms with Crippen LogP contribution in [0, 0.1) is 0 Å². The molecule has 0 bridgehead atoms. The maximum absolute atomic E-state index is 10.8. The molecule has 4 aromatic heterocycles. The summed E-state index contributed by atoms with van der Waals surface area (Å²) in [4.78, 5) is 43.6. The molecular weight excluding hydrogens is 1250 g/mol. The molecule has 0 radical (unpaired) electrons. The number of carboxylic acids is 2. The van der Waals surface area contributed by atoms with E-state index in [9.17, 15) is 9.59 Å². The van der Waals surface area contributed by atoms with Gasteiger partial charge in [0.05, 0.1) is 33.9 Å².